The Morgan fingerprint density at radius 3 is 2.79 bits per heavy atom. The smallest absolute Gasteiger partial charge is 0.290 e. The van der Waals surface area contributed by atoms with Crippen molar-refractivity contribution in [2.24, 2.45) is 7.05 Å². The molecule has 0 amide bonds. The number of aromatic nitrogens is 3. The van der Waals surface area contributed by atoms with Crippen molar-refractivity contribution in [2.45, 2.75) is 25.7 Å². The molecule has 2 aromatic heterocycles. The fourth-order valence-electron chi connectivity index (χ4n) is 2.96. The van der Waals surface area contributed by atoms with E-state index in [1.165, 1.54) is 19.0 Å². The predicted molar refractivity (Wildman–Crippen MR) is 91.6 cm³/mol. The molecular formula is C17H17N5O2. The Morgan fingerprint density at radius 2 is 2.12 bits per heavy atom. The van der Waals surface area contributed by atoms with Gasteiger partial charge in [0.2, 0.25) is 0 Å². The van der Waals surface area contributed by atoms with Crippen molar-refractivity contribution in [3.63, 3.8) is 0 Å². The average molecular weight is 323 g/mol. The minimum Gasteiger partial charge on any atom is -0.340 e. The van der Waals surface area contributed by atoms with Crippen LogP contribution in [0.1, 0.15) is 30.1 Å². The monoisotopic (exact) mass is 323 g/mol. The molecule has 1 N–H and O–H groups in total. The van der Waals surface area contributed by atoms with Gasteiger partial charge in [-0.3, -0.25) is 10.1 Å². The minimum atomic E-state index is -0.425. The van der Waals surface area contributed by atoms with Gasteiger partial charge in [0.25, 0.3) is 5.69 Å². The Balaban J connectivity index is 1.65. The third kappa shape index (κ3) is 2.47. The van der Waals surface area contributed by atoms with Gasteiger partial charge in [0.15, 0.2) is 0 Å². The highest BCUT2D eigenvalue weighted by Crippen LogP contribution is 2.40. The van der Waals surface area contributed by atoms with Gasteiger partial charge in [-0.1, -0.05) is 0 Å². The van der Waals surface area contributed by atoms with Gasteiger partial charge in [-0.2, -0.15) is 0 Å². The predicted octanol–water partition coefficient (Wildman–Crippen LogP) is 3.81. The molecule has 0 radical (unpaired) electrons. The number of aryl methyl sites for hydroxylation is 2. The Hall–Kier alpha value is -2.96. The highest BCUT2D eigenvalue weighted by Gasteiger charge is 2.28. The molecule has 0 spiro atoms. The molecule has 122 valence electrons. The van der Waals surface area contributed by atoms with E-state index in [9.17, 15) is 10.1 Å². The van der Waals surface area contributed by atoms with E-state index in [1.54, 1.807) is 13.0 Å². The molecule has 1 aromatic carbocycles. The second-order valence-corrected chi connectivity index (χ2v) is 6.24. The summed E-state index contributed by atoms with van der Waals surface area (Å²) in [5.74, 6) is 2.32. The van der Waals surface area contributed by atoms with E-state index in [1.807, 2.05) is 18.2 Å². The molecule has 0 saturated heterocycles. The molecule has 2 heterocycles. The van der Waals surface area contributed by atoms with Gasteiger partial charge < -0.3 is 9.88 Å². The van der Waals surface area contributed by atoms with E-state index >= 15 is 0 Å². The van der Waals surface area contributed by atoms with Gasteiger partial charge in [-0.15, -0.1) is 0 Å². The third-order valence-corrected chi connectivity index (χ3v) is 4.41. The molecule has 7 heteroatoms. The van der Waals surface area contributed by atoms with Crippen LogP contribution in [0.15, 0.2) is 30.5 Å². The van der Waals surface area contributed by atoms with E-state index < -0.39 is 4.92 Å². The maximum Gasteiger partial charge on any atom is 0.290 e. The standard InChI is InChI=1S/C17H17N5O2/c1-10-7-16(18-9-15(10)22(23)24)19-12-5-6-14-13(8-12)20-17(21(14)2)11-3-4-11/h5-9,11H,3-4H2,1-2H3,(H,18,19). The lowest BCUT2D eigenvalue weighted by atomic mass is 10.2. The minimum absolute atomic E-state index is 0.0230. The number of nitrogens with one attached hydrogen (secondary N) is 1. The summed E-state index contributed by atoms with van der Waals surface area (Å²) in [7, 11) is 2.05. The van der Waals surface area contributed by atoms with E-state index in [0.29, 0.717) is 17.3 Å². The van der Waals surface area contributed by atoms with E-state index in [2.05, 4.69) is 21.9 Å². The largest absolute Gasteiger partial charge is 0.340 e. The van der Waals surface area contributed by atoms with Crippen LogP contribution in [0.5, 0.6) is 0 Å². The first-order chi connectivity index (χ1) is 11.5. The molecule has 3 aromatic rings. The van der Waals surface area contributed by atoms with Gasteiger partial charge in [-0.25, -0.2) is 9.97 Å². The molecule has 1 aliphatic rings. The summed E-state index contributed by atoms with van der Waals surface area (Å²) in [5.41, 5.74) is 3.52. The topological polar surface area (TPSA) is 85.9 Å². The summed E-state index contributed by atoms with van der Waals surface area (Å²) in [4.78, 5) is 19.3. The molecule has 1 fully saturated rings. The van der Waals surface area contributed by atoms with Gasteiger partial charge in [0.05, 0.1) is 16.0 Å². The lowest BCUT2D eigenvalue weighted by molar-refractivity contribution is -0.385. The number of rotatable bonds is 4. The molecule has 1 saturated carbocycles. The van der Waals surface area contributed by atoms with Gasteiger partial charge >= 0.3 is 0 Å². The van der Waals surface area contributed by atoms with Gasteiger partial charge in [-0.05, 0) is 44.0 Å². The summed E-state index contributed by atoms with van der Waals surface area (Å²) < 4.78 is 2.16. The number of pyridine rings is 1. The Morgan fingerprint density at radius 1 is 1.33 bits per heavy atom. The second kappa shape index (κ2) is 5.30. The number of hydrogen-bond acceptors (Lipinski definition) is 5. The molecule has 0 unspecified atom stereocenters. The van der Waals surface area contributed by atoms with Crippen molar-refractivity contribution < 1.29 is 4.92 Å². The van der Waals surface area contributed by atoms with E-state index in [4.69, 9.17) is 4.98 Å². The molecule has 0 atom stereocenters. The van der Waals surface area contributed by atoms with Crippen LogP contribution in [0.25, 0.3) is 11.0 Å². The zero-order valence-electron chi connectivity index (χ0n) is 13.5. The zero-order valence-corrected chi connectivity index (χ0v) is 13.5. The van der Waals surface area contributed by atoms with Crippen molar-refractivity contribution in [1.82, 2.24) is 14.5 Å². The highest BCUT2D eigenvalue weighted by atomic mass is 16.6. The van der Waals surface area contributed by atoms with Crippen LogP contribution in [-0.4, -0.2) is 19.5 Å². The summed E-state index contributed by atoms with van der Waals surface area (Å²) in [5, 5.41) is 14.1. The quantitative estimate of drug-likeness (QED) is 0.583. The van der Waals surface area contributed by atoms with Crippen molar-refractivity contribution >= 4 is 28.2 Å². The average Bonchev–Trinajstić information content (AvgIpc) is 3.32. The lowest BCUT2D eigenvalue weighted by Crippen LogP contribution is -1.98. The van der Waals surface area contributed by atoms with Crippen LogP contribution in [0.2, 0.25) is 0 Å². The van der Waals surface area contributed by atoms with E-state index in [0.717, 1.165) is 22.5 Å². The highest BCUT2D eigenvalue weighted by molar-refractivity contribution is 5.81. The molecule has 0 bridgehead atoms. The molecular weight excluding hydrogens is 306 g/mol. The second-order valence-electron chi connectivity index (χ2n) is 6.24. The van der Waals surface area contributed by atoms with Crippen molar-refractivity contribution in [3.05, 3.63) is 52.0 Å². The number of hydrogen-bond donors (Lipinski definition) is 1. The van der Waals surface area contributed by atoms with Crippen LogP contribution in [-0.2, 0) is 7.05 Å². The number of imidazole rings is 1. The Labute approximate surface area is 138 Å². The first-order valence-electron chi connectivity index (χ1n) is 7.87. The Kier molecular flexibility index (Phi) is 3.23. The molecule has 7 nitrogen and oxygen atoms in total. The Bertz CT molecular complexity index is 959. The maximum atomic E-state index is 10.9. The summed E-state index contributed by atoms with van der Waals surface area (Å²) in [6.45, 7) is 1.70. The van der Waals surface area contributed by atoms with Crippen LogP contribution in [0.3, 0.4) is 0 Å². The fraction of sp³-hybridized carbons (Fsp3) is 0.294. The molecule has 0 aliphatic heterocycles. The van der Waals surface area contributed by atoms with Gasteiger partial charge in [0, 0.05) is 24.2 Å². The molecule has 1 aliphatic carbocycles. The fourth-order valence-corrected chi connectivity index (χ4v) is 2.96. The molecule has 24 heavy (non-hydrogen) atoms. The summed E-state index contributed by atoms with van der Waals surface area (Å²) in [6, 6.07) is 7.67. The zero-order chi connectivity index (χ0) is 16.8. The SMILES string of the molecule is Cc1cc(Nc2ccc3c(c2)nc(C2CC2)n3C)ncc1[N+](=O)[O-]. The van der Waals surface area contributed by atoms with Crippen LogP contribution < -0.4 is 5.32 Å². The third-order valence-electron chi connectivity index (χ3n) is 4.41. The normalized spacial score (nSPS) is 14.1. The van der Waals surface area contributed by atoms with Crippen LogP contribution >= 0.6 is 0 Å². The number of anilines is 2. The number of nitrogens with zero attached hydrogens (tertiary/aromatic N) is 4. The first-order valence-corrected chi connectivity index (χ1v) is 7.87. The van der Waals surface area contributed by atoms with E-state index in [-0.39, 0.29) is 5.69 Å². The number of nitro groups is 1. The molecule has 4 rings (SSSR count). The lowest BCUT2D eigenvalue weighted by Gasteiger charge is -2.07. The van der Waals surface area contributed by atoms with Crippen LogP contribution in [0, 0.1) is 17.0 Å². The van der Waals surface area contributed by atoms with Crippen LogP contribution in [0.4, 0.5) is 17.2 Å². The van der Waals surface area contributed by atoms with Gasteiger partial charge in [0.1, 0.15) is 17.8 Å². The van der Waals surface area contributed by atoms with Crippen molar-refractivity contribution in [2.75, 3.05) is 5.32 Å². The van der Waals surface area contributed by atoms with Crippen molar-refractivity contribution in [1.29, 1.82) is 0 Å². The van der Waals surface area contributed by atoms with Crippen molar-refractivity contribution in [3.8, 4) is 0 Å². The number of fused-ring (bicyclic) bond motifs is 1. The summed E-state index contributed by atoms with van der Waals surface area (Å²) in [6.07, 6.45) is 3.71. The summed E-state index contributed by atoms with van der Waals surface area (Å²) >= 11 is 0. The number of benzene rings is 1. The maximum absolute atomic E-state index is 10.9. The first kappa shape index (κ1) is 14.6.